The lowest BCUT2D eigenvalue weighted by atomic mass is 9.50. The van der Waals surface area contributed by atoms with Crippen LogP contribution >= 0.6 is 0 Å². The third kappa shape index (κ3) is 3.78. The minimum atomic E-state index is 0.177. The van der Waals surface area contributed by atoms with Crippen molar-refractivity contribution in [3.63, 3.8) is 0 Å². The molecule has 3 saturated carbocycles. The van der Waals surface area contributed by atoms with Crippen molar-refractivity contribution in [1.29, 1.82) is 0 Å². The smallest absolute Gasteiger partial charge is 0.166 e. The third-order valence-electron chi connectivity index (χ3n) is 9.56. The van der Waals surface area contributed by atoms with E-state index < -0.39 is 0 Å². The van der Waals surface area contributed by atoms with Crippen LogP contribution in [0, 0.1) is 54.8 Å². The topological polar surface area (TPSA) is 37.3 Å². The molecule has 1 N–H and O–H groups in total. The first-order valence-corrected chi connectivity index (χ1v) is 12.6. The van der Waals surface area contributed by atoms with Crippen molar-refractivity contribution in [2.45, 2.75) is 85.5 Å². The number of rotatable bonds is 6. The summed E-state index contributed by atoms with van der Waals surface area (Å²) in [6, 6.07) is 6.38. The molecule has 0 aromatic heterocycles. The lowest BCUT2D eigenvalue weighted by Gasteiger charge is -2.54. The maximum atomic E-state index is 13.6. The molecular weight excluding hydrogens is 368 g/mol. The molecule has 1 aromatic carbocycles. The van der Waals surface area contributed by atoms with E-state index in [1.54, 1.807) is 0 Å². The highest BCUT2D eigenvalue weighted by Crippen LogP contribution is 2.64. The molecular formula is C28H42O2. The Morgan fingerprint density at radius 3 is 2.43 bits per heavy atom. The molecule has 166 valence electrons. The largest absolute Gasteiger partial charge is 0.396 e. The number of aliphatic hydroxyl groups is 1. The zero-order valence-corrected chi connectivity index (χ0v) is 19.6. The summed E-state index contributed by atoms with van der Waals surface area (Å²) in [5, 5.41) is 9.45. The number of carbonyl (C=O) groups is 1. The van der Waals surface area contributed by atoms with Crippen LogP contribution < -0.4 is 0 Å². The summed E-state index contributed by atoms with van der Waals surface area (Å²) in [6.07, 6.45) is 11.0. The van der Waals surface area contributed by atoms with Crippen LogP contribution in [0.25, 0.3) is 0 Å². The summed E-state index contributed by atoms with van der Waals surface area (Å²) in [5.74, 6) is 4.57. The number of Topliss-reactive ketones (excluding diaryl/α,β-unsaturated/α-hetero) is 1. The highest BCUT2D eigenvalue weighted by Gasteiger charge is 2.57. The Morgan fingerprint density at radius 2 is 1.77 bits per heavy atom. The van der Waals surface area contributed by atoms with Gasteiger partial charge >= 0.3 is 0 Å². The quantitative estimate of drug-likeness (QED) is 0.526. The second-order valence-electron chi connectivity index (χ2n) is 11.1. The first-order chi connectivity index (χ1) is 14.4. The fraction of sp³-hybridized carbons (Fsp3) is 0.750. The van der Waals surface area contributed by atoms with E-state index in [1.807, 2.05) is 0 Å². The summed E-state index contributed by atoms with van der Waals surface area (Å²) in [4.78, 5) is 13.6. The lowest BCUT2D eigenvalue weighted by Crippen LogP contribution is -2.48. The molecule has 30 heavy (non-hydrogen) atoms. The van der Waals surface area contributed by atoms with E-state index in [4.69, 9.17) is 0 Å². The second-order valence-corrected chi connectivity index (χ2v) is 11.1. The molecule has 3 aliphatic carbocycles. The number of fused-ring (bicyclic) bond motifs is 3. The zero-order chi connectivity index (χ0) is 21.5. The normalized spacial score (nSPS) is 38.2. The van der Waals surface area contributed by atoms with Gasteiger partial charge in [0.15, 0.2) is 5.78 Å². The molecule has 4 rings (SSSR count). The van der Waals surface area contributed by atoms with Gasteiger partial charge in [-0.15, -0.1) is 0 Å². The van der Waals surface area contributed by atoms with Gasteiger partial charge in [-0.3, -0.25) is 4.79 Å². The minimum Gasteiger partial charge on any atom is -0.396 e. The van der Waals surface area contributed by atoms with E-state index in [1.165, 1.54) is 56.1 Å². The van der Waals surface area contributed by atoms with Crippen LogP contribution in [0.4, 0.5) is 0 Å². The Balaban J connectivity index is 1.56. The van der Waals surface area contributed by atoms with Gasteiger partial charge < -0.3 is 5.11 Å². The molecule has 7 atom stereocenters. The van der Waals surface area contributed by atoms with Crippen LogP contribution in [-0.2, 0) is 0 Å². The molecule has 0 amide bonds. The molecule has 1 aromatic rings. The average molecular weight is 411 g/mol. The molecule has 0 saturated heterocycles. The van der Waals surface area contributed by atoms with E-state index in [9.17, 15) is 9.90 Å². The molecule has 0 heterocycles. The van der Waals surface area contributed by atoms with E-state index in [0.717, 1.165) is 42.1 Å². The van der Waals surface area contributed by atoms with Gasteiger partial charge in [-0.25, -0.2) is 0 Å². The molecule has 0 unspecified atom stereocenters. The van der Waals surface area contributed by atoms with Crippen molar-refractivity contribution in [1.82, 2.24) is 0 Å². The van der Waals surface area contributed by atoms with E-state index in [0.29, 0.717) is 18.3 Å². The first kappa shape index (κ1) is 22.1. The number of aliphatic hydroxyl groups excluding tert-OH is 1. The number of hydrogen-bond acceptors (Lipinski definition) is 2. The van der Waals surface area contributed by atoms with Crippen molar-refractivity contribution >= 4 is 5.78 Å². The predicted octanol–water partition coefficient (Wildman–Crippen LogP) is 6.75. The Hall–Kier alpha value is -1.15. The van der Waals surface area contributed by atoms with Gasteiger partial charge in [-0.1, -0.05) is 37.5 Å². The molecule has 0 bridgehead atoms. The van der Waals surface area contributed by atoms with Gasteiger partial charge in [0.2, 0.25) is 0 Å². The molecule has 0 radical (unpaired) electrons. The maximum Gasteiger partial charge on any atom is 0.166 e. The van der Waals surface area contributed by atoms with Crippen LogP contribution in [0.2, 0.25) is 0 Å². The number of benzene rings is 1. The predicted molar refractivity (Wildman–Crippen MR) is 124 cm³/mol. The molecule has 0 spiro atoms. The van der Waals surface area contributed by atoms with Crippen molar-refractivity contribution in [3.05, 3.63) is 34.9 Å². The Morgan fingerprint density at radius 1 is 1.03 bits per heavy atom. The van der Waals surface area contributed by atoms with Crippen molar-refractivity contribution in [3.8, 4) is 0 Å². The molecule has 2 heteroatoms. The average Bonchev–Trinajstić information content (AvgIpc) is 3.07. The Bertz CT molecular complexity index is 748. The summed E-state index contributed by atoms with van der Waals surface area (Å²) in [5.41, 5.74) is 3.52. The van der Waals surface area contributed by atoms with Gasteiger partial charge in [0, 0.05) is 18.1 Å². The highest BCUT2D eigenvalue weighted by molar-refractivity contribution is 5.99. The fourth-order valence-electron chi connectivity index (χ4n) is 8.27. The zero-order valence-electron chi connectivity index (χ0n) is 19.6. The SMILES string of the molecule is CC[C@H]1CC[C@@H]2[C@H](CC[C@]3(C)[C@@H](C(=O)c4cc(C)cc(C)c4)CC[C@@H]23)[C@H]1CCCO. The van der Waals surface area contributed by atoms with E-state index in [-0.39, 0.29) is 11.3 Å². The van der Waals surface area contributed by atoms with Crippen molar-refractivity contribution in [2.75, 3.05) is 6.61 Å². The monoisotopic (exact) mass is 410 g/mol. The maximum absolute atomic E-state index is 13.6. The van der Waals surface area contributed by atoms with Crippen LogP contribution in [0.5, 0.6) is 0 Å². The summed E-state index contributed by atoms with van der Waals surface area (Å²) >= 11 is 0. The van der Waals surface area contributed by atoms with E-state index in [2.05, 4.69) is 45.9 Å². The molecule has 0 aliphatic heterocycles. The minimum absolute atomic E-state index is 0.177. The summed E-state index contributed by atoms with van der Waals surface area (Å²) in [6.45, 7) is 9.36. The Kier molecular flexibility index (Phi) is 6.45. The van der Waals surface area contributed by atoms with Crippen LogP contribution in [0.15, 0.2) is 18.2 Å². The third-order valence-corrected chi connectivity index (χ3v) is 9.56. The van der Waals surface area contributed by atoms with Crippen LogP contribution in [0.3, 0.4) is 0 Å². The summed E-state index contributed by atoms with van der Waals surface area (Å²) < 4.78 is 0. The van der Waals surface area contributed by atoms with Gasteiger partial charge in [-0.2, -0.15) is 0 Å². The van der Waals surface area contributed by atoms with E-state index >= 15 is 0 Å². The van der Waals surface area contributed by atoms with Crippen molar-refractivity contribution < 1.29 is 9.90 Å². The van der Waals surface area contributed by atoms with Crippen LogP contribution in [0.1, 0.15) is 93.1 Å². The standard InChI is InChI=1S/C28H42O2/c1-5-20-8-9-24-23(22(20)7-6-14-29)12-13-28(4)25(24)10-11-26(28)27(30)21-16-18(2)15-19(3)17-21/h15-17,20,22-26,29H,5-14H2,1-4H3/t20-,22-,23+,24+,25-,26+,28-/m0/s1. The highest BCUT2D eigenvalue weighted by atomic mass is 16.2. The second kappa shape index (κ2) is 8.77. The lowest BCUT2D eigenvalue weighted by molar-refractivity contribution is -0.0516. The molecule has 2 nitrogen and oxygen atoms in total. The number of carbonyl (C=O) groups excluding carboxylic acids is 1. The number of ketones is 1. The number of hydrogen-bond donors (Lipinski definition) is 1. The number of aryl methyl sites for hydroxylation is 2. The summed E-state index contributed by atoms with van der Waals surface area (Å²) in [7, 11) is 0. The van der Waals surface area contributed by atoms with Crippen molar-refractivity contribution in [2.24, 2.45) is 40.9 Å². The Labute approximate surface area is 183 Å². The molecule has 3 aliphatic rings. The molecule has 3 fully saturated rings. The van der Waals surface area contributed by atoms with Gasteiger partial charge in [0.05, 0.1) is 0 Å². The van der Waals surface area contributed by atoms with Gasteiger partial charge in [0.1, 0.15) is 0 Å². The van der Waals surface area contributed by atoms with Crippen LogP contribution in [-0.4, -0.2) is 17.5 Å². The first-order valence-electron chi connectivity index (χ1n) is 12.6. The van der Waals surface area contributed by atoms with Gasteiger partial charge in [0.25, 0.3) is 0 Å². The fourth-order valence-corrected chi connectivity index (χ4v) is 8.27. The van der Waals surface area contributed by atoms with Gasteiger partial charge in [-0.05, 0) is 112 Å².